The van der Waals surface area contributed by atoms with E-state index in [-0.39, 0.29) is 0 Å². The van der Waals surface area contributed by atoms with E-state index in [4.69, 9.17) is 69.6 Å². The standard InChI is InChI=1S/C38H34Cl6N2S2Si2/c1-3-11-23-35(31(41)29(39)33(43)37(23)49)45(21-13-7-5-8-14-21)27-19-17-25(47-27)26-18-20-28(48-26)46(22-15-9-6-10-16-22)36-24(12-4-2)38(50)34(44)30(40)32(36)42/h5-10,13-20H,3-4,11-12H2,1-2,49-50H3. The molecule has 2 nitrogen and oxygen atoms in total. The van der Waals surface area contributed by atoms with E-state index in [2.05, 4.69) is 72.2 Å². The summed E-state index contributed by atoms with van der Waals surface area (Å²) in [5, 5.41) is 7.08. The second-order valence-corrected chi connectivity index (χ2v) is 18.3. The zero-order valence-corrected chi connectivity index (χ0v) is 38.1. The zero-order chi connectivity index (χ0) is 35.7. The van der Waals surface area contributed by atoms with Crippen molar-refractivity contribution in [1.82, 2.24) is 0 Å². The molecule has 2 aromatic heterocycles. The summed E-state index contributed by atoms with van der Waals surface area (Å²) >= 11 is 44.7. The van der Waals surface area contributed by atoms with Crippen LogP contribution in [-0.4, -0.2) is 20.5 Å². The second kappa shape index (κ2) is 16.4. The van der Waals surface area contributed by atoms with E-state index in [0.29, 0.717) is 30.1 Å². The Balaban J connectivity index is 1.50. The van der Waals surface area contributed by atoms with Gasteiger partial charge in [-0.3, -0.25) is 0 Å². The van der Waals surface area contributed by atoms with Crippen LogP contribution >= 0.6 is 92.3 Å². The summed E-state index contributed by atoms with van der Waals surface area (Å²) in [5.41, 5.74) is 6.08. The van der Waals surface area contributed by atoms with Gasteiger partial charge in [-0.2, -0.15) is 0 Å². The molecule has 258 valence electrons. The Labute approximate surface area is 338 Å². The van der Waals surface area contributed by atoms with Crippen LogP contribution in [0.3, 0.4) is 0 Å². The highest BCUT2D eigenvalue weighted by molar-refractivity contribution is 7.26. The third-order valence-electron chi connectivity index (χ3n) is 8.67. The molecule has 0 N–H and O–H groups in total. The van der Waals surface area contributed by atoms with Crippen molar-refractivity contribution >= 4 is 156 Å². The summed E-state index contributed by atoms with van der Waals surface area (Å²) in [6, 6.07) is 29.3. The number of hydrogen-bond donors (Lipinski definition) is 0. The normalized spacial score (nSPS) is 11.4. The maximum Gasteiger partial charge on any atom is 0.101 e. The maximum absolute atomic E-state index is 7.10. The van der Waals surface area contributed by atoms with Crippen LogP contribution in [0.1, 0.15) is 37.8 Å². The lowest BCUT2D eigenvalue weighted by atomic mass is 10.1. The molecule has 0 aliphatic carbocycles. The number of thiophene rings is 2. The summed E-state index contributed by atoms with van der Waals surface area (Å²) in [7, 11) is 1.49. The highest BCUT2D eigenvalue weighted by Crippen LogP contribution is 2.52. The van der Waals surface area contributed by atoms with Crippen molar-refractivity contribution in [2.75, 3.05) is 9.80 Å². The lowest BCUT2D eigenvalue weighted by Gasteiger charge is -2.29. The van der Waals surface area contributed by atoms with Crippen molar-refractivity contribution in [2.24, 2.45) is 0 Å². The van der Waals surface area contributed by atoms with Gasteiger partial charge in [-0.05, 0) is 82.9 Å². The van der Waals surface area contributed by atoms with Crippen LogP contribution in [0.4, 0.5) is 32.8 Å². The molecule has 0 unspecified atom stereocenters. The topological polar surface area (TPSA) is 6.48 Å². The Morgan fingerprint density at radius 3 is 1.18 bits per heavy atom. The summed E-state index contributed by atoms with van der Waals surface area (Å²) in [4.78, 5) is 6.72. The van der Waals surface area contributed by atoms with Gasteiger partial charge in [0.1, 0.15) is 10.0 Å². The SMILES string of the molecule is CCCc1c([SiH3])c(Cl)c(Cl)c(Cl)c1N(c1ccccc1)c1ccc(-c2ccc(N(c3ccccc3)c3c(Cl)c(Cl)c(Cl)c([SiH3])c3CCC)s2)s1. The third-order valence-corrected chi connectivity index (χ3v) is 16.7. The molecule has 0 radical (unpaired) electrons. The van der Waals surface area contributed by atoms with Gasteiger partial charge in [0, 0.05) is 41.6 Å². The molecule has 0 aliphatic heterocycles. The molecule has 0 bridgehead atoms. The van der Waals surface area contributed by atoms with Gasteiger partial charge in [0.2, 0.25) is 0 Å². The van der Waals surface area contributed by atoms with Crippen LogP contribution < -0.4 is 20.2 Å². The summed E-state index contributed by atoms with van der Waals surface area (Å²) in [6.45, 7) is 4.34. The fourth-order valence-corrected chi connectivity index (χ4v) is 11.8. The minimum absolute atomic E-state index is 0.399. The first-order valence-electron chi connectivity index (χ1n) is 16.3. The van der Waals surface area contributed by atoms with E-state index in [0.717, 1.165) is 110 Å². The molecule has 2 heterocycles. The van der Waals surface area contributed by atoms with Crippen LogP contribution in [-0.2, 0) is 12.8 Å². The molecule has 12 heteroatoms. The van der Waals surface area contributed by atoms with E-state index in [1.54, 1.807) is 22.7 Å². The second-order valence-electron chi connectivity index (χ2n) is 11.9. The number of benzene rings is 4. The maximum atomic E-state index is 7.10. The molecule has 6 rings (SSSR count). The third kappa shape index (κ3) is 7.19. The van der Waals surface area contributed by atoms with Gasteiger partial charge in [-0.15, -0.1) is 22.7 Å². The molecular weight excluding hydrogens is 817 g/mol. The van der Waals surface area contributed by atoms with Crippen molar-refractivity contribution in [1.29, 1.82) is 0 Å². The van der Waals surface area contributed by atoms with Crippen molar-refractivity contribution in [2.45, 2.75) is 39.5 Å². The molecule has 0 fully saturated rings. The lowest BCUT2D eigenvalue weighted by Crippen LogP contribution is -2.20. The van der Waals surface area contributed by atoms with Crippen molar-refractivity contribution in [3.8, 4) is 9.75 Å². The molecule has 0 atom stereocenters. The van der Waals surface area contributed by atoms with Crippen LogP contribution in [0, 0.1) is 0 Å². The monoisotopic (exact) mass is 848 g/mol. The van der Waals surface area contributed by atoms with Crippen molar-refractivity contribution in [3.05, 3.63) is 126 Å². The quantitative estimate of drug-likeness (QED) is 0.0946. The van der Waals surface area contributed by atoms with Crippen LogP contribution in [0.2, 0.25) is 30.1 Å². The van der Waals surface area contributed by atoms with Gasteiger partial charge < -0.3 is 9.80 Å². The van der Waals surface area contributed by atoms with E-state index >= 15 is 0 Å². The van der Waals surface area contributed by atoms with Gasteiger partial charge in [0.05, 0.1) is 41.5 Å². The fraction of sp³-hybridized carbons (Fsp3) is 0.158. The highest BCUT2D eigenvalue weighted by atomic mass is 35.5. The number of halogens is 6. The number of nitrogens with zero attached hydrogens (tertiary/aromatic N) is 2. The van der Waals surface area contributed by atoms with Gasteiger partial charge in [0.25, 0.3) is 0 Å². The molecular formula is C38H34Cl6N2S2Si2. The predicted molar refractivity (Wildman–Crippen MR) is 234 cm³/mol. The van der Waals surface area contributed by atoms with E-state index in [9.17, 15) is 0 Å². The highest BCUT2D eigenvalue weighted by Gasteiger charge is 2.28. The van der Waals surface area contributed by atoms with Crippen LogP contribution in [0.25, 0.3) is 9.75 Å². The van der Waals surface area contributed by atoms with E-state index < -0.39 is 0 Å². The first-order valence-corrected chi connectivity index (χ1v) is 22.2. The van der Waals surface area contributed by atoms with Crippen molar-refractivity contribution < 1.29 is 0 Å². The van der Waals surface area contributed by atoms with Crippen LogP contribution in [0.5, 0.6) is 0 Å². The first-order chi connectivity index (χ1) is 24.1. The summed E-state index contributed by atoms with van der Waals surface area (Å²) in [6.07, 6.45) is 3.59. The molecule has 0 saturated heterocycles. The molecule has 0 amide bonds. The first kappa shape index (κ1) is 37.8. The molecule has 50 heavy (non-hydrogen) atoms. The Bertz CT molecular complexity index is 2000. The molecule has 0 saturated carbocycles. The van der Waals surface area contributed by atoms with Crippen LogP contribution in [0.15, 0.2) is 84.9 Å². The Morgan fingerprint density at radius 1 is 0.480 bits per heavy atom. The van der Waals surface area contributed by atoms with Gasteiger partial charge >= 0.3 is 0 Å². The zero-order valence-electron chi connectivity index (χ0n) is 27.9. The summed E-state index contributed by atoms with van der Waals surface area (Å²) < 4.78 is 0. The van der Waals surface area contributed by atoms with Gasteiger partial charge in [-0.1, -0.05) is 133 Å². The van der Waals surface area contributed by atoms with Crippen molar-refractivity contribution in [3.63, 3.8) is 0 Å². The van der Waals surface area contributed by atoms with E-state index in [1.165, 1.54) is 0 Å². The molecule has 4 aromatic carbocycles. The molecule has 6 aromatic rings. The molecule has 0 aliphatic rings. The van der Waals surface area contributed by atoms with E-state index in [1.807, 2.05) is 36.4 Å². The smallest absolute Gasteiger partial charge is 0.101 e. The number of para-hydroxylation sites is 2. The largest absolute Gasteiger partial charge is 0.300 e. The minimum atomic E-state index is 0.399. The number of rotatable bonds is 11. The van der Waals surface area contributed by atoms with Gasteiger partial charge in [0.15, 0.2) is 0 Å². The summed E-state index contributed by atoms with van der Waals surface area (Å²) in [5.74, 6) is 0. The van der Waals surface area contributed by atoms with Gasteiger partial charge in [-0.25, -0.2) is 0 Å². The Hall–Kier alpha value is -1.95. The Morgan fingerprint density at radius 2 is 0.840 bits per heavy atom. The number of anilines is 6. The predicted octanol–water partition coefficient (Wildman–Crippen LogP) is 12.2. The lowest BCUT2D eigenvalue weighted by molar-refractivity contribution is 0.925. The fourth-order valence-electron chi connectivity index (χ4n) is 6.24. The number of hydrogen-bond acceptors (Lipinski definition) is 4. The average molecular weight is 852 g/mol. The average Bonchev–Trinajstić information content (AvgIpc) is 3.82. The molecule has 0 spiro atoms. The minimum Gasteiger partial charge on any atom is -0.300 e. The Kier molecular flexibility index (Phi) is 12.4.